The highest BCUT2D eigenvalue weighted by Gasteiger charge is 2.09. The average molecular weight is 284 g/mol. The van der Waals surface area contributed by atoms with Gasteiger partial charge in [-0.3, -0.25) is 4.79 Å². The van der Waals surface area contributed by atoms with Crippen LogP contribution in [0.4, 0.5) is 5.69 Å². The summed E-state index contributed by atoms with van der Waals surface area (Å²) in [5.74, 6) is 0.449. The van der Waals surface area contributed by atoms with Gasteiger partial charge in [-0.2, -0.15) is 0 Å². The molecule has 4 nitrogen and oxygen atoms in total. The number of para-hydroxylation sites is 1. The number of amides is 1. The van der Waals surface area contributed by atoms with E-state index in [1.54, 1.807) is 0 Å². The molecule has 4 heteroatoms. The Morgan fingerprint density at radius 1 is 1.19 bits per heavy atom. The van der Waals surface area contributed by atoms with Gasteiger partial charge in [0.25, 0.3) is 5.91 Å². The van der Waals surface area contributed by atoms with Crippen LogP contribution in [0.2, 0.25) is 0 Å². The van der Waals surface area contributed by atoms with E-state index < -0.39 is 0 Å². The van der Waals surface area contributed by atoms with Crippen LogP contribution in [0.3, 0.4) is 0 Å². The second-order valence-electron chi connectivity index (χ2n) is 5.03. The van der Waals surface area contributed by atoms with Crippen LogP contribution in [0, 0.1) is 6.92 Å². The van der Waals surface area contributed by atoms with E-state index in [-0.39, 0.29) is 18.6 Å². The summed E-state index contributed by atoms with van der Waals surface area (Å²) in [4.78, 5) is 11.9. The fourth-order valence-corrected chi connectivity index (χ4v) is 1.97. The maximum absolute atomic E-state index is 11.9. The van der Waals surface area contributed by atoms with Crippen molar-refractivity contribution in [1.29, 1.82) is 0 Å². The van der Waals surface area contributed by atoms with Crippen LogP contribution >= 0.6 is 0 Å². The second kappa shape index (κ2) is 6.90. The van der Waals surface area contributed by atoms with Crippen LogP contribution in [0.25, 0.3) is 0 Å². The van der Waals surface area contributed by atoms with E-state index in [4.69, 9.17) is 10.5 Å². The van der Waals surface area contributed by atoms with Crippen LogP contribution in [0.1, 0.15) is 24.1 Å². The fourth-order valence-electron chi connectivity index (χ4n) is 1.97. The van der Waals surface area contributed by atoms with Gasteiger partial charge in [0.15, 0.2) is 6.61 Å². The number of ether oxygens (including phenoxy) is 1. The summed E-state index contributed by atoms with van der Waals surface area (Å²) in [5, 5.41) is 2.79. The topological polar surface area (TPSA) is 64.3 Å². The molecule has 0 saturated carbocycles. The zero-order valence-corrected chi connectivity index (χ0v) is 12.3. The molecular formula is C17H20N2O2. The van der Waals surface area contributed by atoms with Gasteiger partial charge >= 0.3 is 0 Å². The molecule has 2 rings (SSSR count). The monoisotopic (exact) mass is 284 g/mol. The number of carbonyl (C=O) groups excluding carboxylic acids is 1. The van der Waals surface area contributed by atoms with E-state index in [2.05, 4.69) is 5.32 Å². The maximum Gasteiger partial charge on any atom is 0.262 e. The summed E-state index contributed by atoms with van der Waals surface area (Å²) in [7, 11) is 0. The molecule has 0 aliphatic heterocycles. The van der Waals surface area contributed by atoms with Crippen LogP contribution < -0.4 is 15.8 Å². The Bertz CT molecular complexity index is 606. The van der Waals surface area contributed by atoms with Gasteiger partial charge in [0, 0.05) is 17.3 Å². The molecule has 0 aliphatic rings. The predicted molar refractivity (Wildman–Crippen MR) is 84.3 cm³/mol. The van der Waals surface area contributed by atoms with Crippen LogP contribution in [-0.2, 0) is 4.79 Å². The molecule has 0 spiro atoms. The molecule has 3 N–H and O–H groups in total. The molecule has 0 unspecified atom stereocenters. The highest BCUT2D eigenvalue weighted by atomic mass is 16.5. The number of benzene rings is 2. The van der Waals surface area contributed by atoms with Crippen molar-refractivity contribution < 1.29 is 9.53 Å². The van der Waals surface area contributed by atoms with Crippen LogP contribution in [0.5, 0.6) is 5.75 Å². The first-order valence-electron chi connectivity index (χ1n) is 6.90. The van der Waals surface area contributed by atoms with Gasteiger partial charge in [-0.25, -0.2) is 0 Å². The van der Waals surface area contributed by atoms with Crippen LogP contribution in [-0.4, -0.2) is 12.5 Å². The van der Waals surface area contributed by atoms with Gasteiger partial charge in [-0.1, -0.05) is 35.9 Å². The third kappa shape index (κ3) is 4.33. The molecule has 0 fully saturated rings. The lowest BCUT2D eigenvalue weighted by molar-refractivity contribution is -0.118. The van der Waals surface area contributed by atoms with E-state index in [0.29, 0.717) is 5.75 Å². The predicted octanol–water partition coefficient (Wildman–Crippen LogP) is 3.03. The number of carbonyl (C=O) groups is 1. The summed E-state index contributed by atoms with van der Waals surface area (Å²) < 4.78 is 5.56. The molecule has 1 amide bonds. The Labute approximate surface area is 124 Å². The minimum absolute atomic E-state index is 0.0440. The van der Waals surface area contributed by atoms with Gasteiger partial charge in [0.1, 0.15) is 5.75 Å². The molecule has 0 aliphatic carbocycles. The fraction of sp³-hybridized carbons (Fsp3) is 0.235. The van der Waals surface area contributed by atoms with E-state index >= 15 is 0 Å². The van der Waals surface area contributed by atoms with Crippen molar-refractivity contribution in [3.63, 3.8) is 0 Å². The number of anilines is 1. The summed E-state index contributed by atoms with van der Waals surface area (Å²) in [6.07, 6.45) is 0. The van der Waals surface area contributed by atoms with E-state index in [0.717, 1.165) is 16.8 Å². The molecule has 21 heavy (non-hydrogen) atoms. The number of rotatable bonds is 5. The Kier molecular flexibility index (Phi) is 4.95. The van der Waals surface area contributed by atoms with E-state index in [9.17, 15) is 4.79 Å². The first-order chi connectivity index (χ1) is 10.1. The first-order valence-corrected chi connectivity index (χ1v) is 6.90. The normalized spacial score (nSPS) is 11.8. The largest absolute Gasteiger partial charge is 0.483 e. The highest BCUT2D eigenvalue weighted by molar-refractivity contribution is 5.91. The minimum Gasteiger partial charge on any atom is -0.483 e. The summed E-state index contributed by atoms with van der Waals surface area (Å²) in [6.45, 7) is 3.84. The Balaban J connectivity index is 1.94. The van der Waals surface area contributed by atoms with Crippen molar-refractivity contribution in [3.8, 4) is 5.75 Å². The summed E-state index contributed by atoms with van der Waals surface area (Å²) in [6, 6.07) is 15.0. The molecule has 1 atom stereocenters. The number of hydrogen-bond acceptors (Lipinski definition) is 3. The highest BCUT2D eigenvalue weighted by Crippen LogP contribution is 2.23. The lowest BCUT2D eigenvalue weighted by atomic mass is 10.1. The van der Waals surface area contributed by atoms with Crippen molar-refractivity contribution >= 4 is 11.6 Å². The summed E-state index contributed by atoms with van der Waals surface area (Å²) >= 11 is 0. The van der Waals surface area contributed by atoms with Crippen molar-refractivity contribution in [2.24, 2.45) is 5.73 Å². The molecule has 0 radical (unpaired) electrons. The van der Waals surface area contributed by atoms with Crippen molar-refractivity contribution in [2.75, 3.05) is 11.9 Å². The van der Waals surface area contributed by atoms with Gasteiger partial charge in [0.05, 0.1) is 0 Å². The molecule has 0 heterocycles. The third-order valence-corrected chi connectivity index (χ3v) is 3.10. The third-order valence-electron chi connectivity index (χ3n) is 3.10. The lowest BCUT2D eigenvalue weighted by Crippen LogP contribution is -2.21. The Hall–Kier alpha value is -2.33. The standard InChI is InChI=1S/C17H20N2O2/c1-12-7-9-14(10-8-12)19-17(20)11-21-16-6-4-3-5-15(16)13(2)18/h3-10,13H,11,18H2,1-2H3,(H,19,20)/t13-/m0/s1. The molecule has 2 aromatic carbocycles. The zero-order chi connectivity index (χ0) is 15.2. The van der Waals surface area contributed by atoms with Crippen molar-refractivity contribution in [3.05, 3.63) is 59.7 Å². The Morgan fingerprint density at radius 2 is 1.86 bits per heavy atom. The number of nitrogens with one attached hydrogen (secondary N) is 1. The number of hydrogen-bond donors (Lipinski definition) is 2. The van der Waals surface area contributed by atoms with Crippen LogP contribution in [0.15, 0.2) is 48.5 Å². The minimum atomic E-state index is -0.196. The quantitative estimate of drug-likeness (QED) is 0.887. The lowest BCUT2D eigenvalue weighted by Gasteiger charge is -2.13. The summed E-state index contributed by atoms with van der Waals surface area (Å²) in [5.41, 5.74) is 8.67. The second-order valence-corrected chi connectivity index (χ2v) is 5.03. The van der Waals surface area contributed by atoms with Crippen molar-refractivity contribution in [2.45, 2.75) is 19.9 Å². The Morgan fingerprint density at radius 3 is 2.52 bits per heavy atom. The van der Waals surface area contributed by atoms with E-state index in [1.165, 1.54) is 0 Å². The SMILES string of the molecule is Cc1ccc(NC(=O)COc2ccccc2[C@H](C)N)cc1. The van der Waals surface area contributed by atoms with Crippen molar-refractivity contribution in [1.82, 2.24) is 0 Å². The molecule has 0 aromatic heterocycles. The molecular weight excluding hydrogens is 264 g/mol. The van der Waals surface area contributed by atoms with Gasteiger partial charge in [-0.05, 0) is 32.0 Å². The average Bonchev–Trinajstić information content (AvgIpc) is 2.48. The van der Waals surface area contributed by atoms with E-state index in [1.807, 2.05) is 62.4 Å². The molecule has 2 aromatic rings. The molecule has 0 bridgehead atoms. The van der Waals surface area contributed by atoms with Gasteiger partial charge < -0.3 is 15.8 Å². The first kappa shape index (κ1) is 15.1. The van der Waals surface area contributed by atoms with Gasteiger partial charge in [0.2, 0.25) is 0 Å². The zero-order valence-electron chi connectivity index (χ0n) is 12.3. The molecule has 110 valence electrons. The smallest absolute Gasteiger partial charge is 0.262 e. The van der Waals surface area contributed by atoms with Gasteiger partial charge in [-0.15, -0.1) is 0 Å². The maximum atomic E-state index is 11.9. The molecule has 0 saturated heterocycles. The number of nitrogens with two attached hydrogens (primary N) is 1. The number of aryl methyl sites for hydroxylation is 1.